The van der Waals surface area contributed by atoms with Crippen LogP contribution in [0.2, 0.25) is 0 Å². The highest BCUT2D eigenvalue weighted by Crippen LogP contribution is 2.29. The van der Waals surface area contributed by atoms with Crippen molar-refractivity contribution < 1.29 is 5.11 Å². The van der Waals surface area contributed by atoms with Crippen LogP contribution in [0.4, 0.5) is 0 Å². The van der Waals surface area contributed by atoms with Crippen LogP contribution in [0.25, 0.3) is 0 Å². The first-order valence-electron chi connectivity index (χ1n) is 7.40. The van der Waals surface area contributed by atoms with Gasteiger partial charge in [-0.15, -0.1) is 24.8 Å². The van der Waals surface area contributed by atoms with Crippen molar-refractivity contribution in [2.24, 2.45) is 5.92 Å². The topological polar surface area (TPSA) is 35.5 Å². The number of phenols is 1. The van der Waals surface area contributed by atoms with Crippen molar-refractivity contribution in [3.63, 3.8) is 0 Å². The van der Waals surface area contributed by atoms with Gasteiger partial charge in [-0.25, -0.2) is 0 Å². The van der Waals surface area contributed by atoms with Gasteiger partial charge in [0.15, 0.2) is 0 Å². The number of phenolic OH excluding ortho intramolecular Hbond substituents is 1. The van der Waals surface area contributed by atoms with Crippen LogP contribution in [-0.2, 0) is 0 Å². The molecule has 1 atom stereocenters. The van der Waals surface area contributed by atoms with Gasteiger partial charge in [-0.2, -0.15) is 0 Å². The summed E-state index contributed by atoms with van der Waals surface area (Å²) in [6.07, 6.45) is 2.39. The van der Waals surface area contributed by atoms with Crippen LogP contribution in [0.1, 0.15) is 38.3 Å². The standard InChI is InChI=1S/C16H26N2O.2ClH/c1-13(2)6-7-16(18-10-8-17-9-11-18)14-4-3-5-15(19)12-14;;/h3-5,12-13,16-17,19H,6-11H2,1-2H3;2*1H/t16-;;/m1../s1. The van der Waals surface area contributed by atoms with Crippen molar-refractivity contribution in [1.82, 2.24) is 10.2 Å². The van der Waals surface area contributed by atoms with E-state index in [2.05, 4.69) is 30.1 Å². The Kier molecular flexibility index (Phi) is 10.0. The Labute approximate surface area is 140 Å². The number of nitrogens with zero attached hydrogens (tertiary/aromatic N) is 1. The van der Waals surface area contributed by atoms with Gasteiger partial charge in [0.05, 0.1) is 0 Å². The number of hydrogen-bond donors (Lipinski definition) is 2. The Morgan fingerprint density at radius 2 is 1.81 bits per heavy atom. The van der Waals surface area contributed by atoms with Gasteiger partial charge in [0.2, 0.25) is 0 Å². The summed E-state index contributed by atoms with van der Waals surface area (Å²) in [4.78, 5) is 2.55. The van der Waals surface area contributed by atoms with Crippen LogP contribution in [0, 0.1) is 5.92 Å². The van der Waals surface area contributed by atoms with E-state index in [-0.39, 0.29) is 24.8 Å². The van der Waals surface area contributed by atoms with Gasteiger partial charge in [0.1, 0.15) is 5.75 Å². The summed E-state index contributed by atoms with van der Waals surface area (Å²) in [5.74, 6) is 1.10. The summed E-state index contributed by atoms with van der Waals surface area (Å²) in [5.41, 5.74) is 1.25. The third-order valence-corrected chi connectivity index (χ3v) is 3.86. The maximum absolute atomic E-state index is 9.71. The lowest BCUT2D eigenvalue weighted by molar-refractivity contribution is 0.159. The van der Waals surface area contributed by atoms with Crippen LogP contribution >= 0.6 is 24.8 Å². The first kappa shape index (κ1) is 20.5. The molecule has 1 aliphatic rings. The molecule has 1 aliphatic heterocycles. The summed E-state index contributed by atoms with van der Waals surface area (Å²) < 4.78 is 0. The molecule has 0 aliphatic carbocycles. The van der Waals surface area contributed by atoms with Crippen LogP contribution < -0.4 is 5.32 Å². The smallest absolute Gasteiger partial charge is 0.115 e. The number of halogens is 2. The normalized spacial score (nSPS) is 16.9. The second-order valence-corrected chi connectivity index (χ2v) is 5.87. The molecule has 5 heteroatoms. The van der Waals surface area contributed by atoms with Crippen molar-refractivity contribution in [3.05, 3.63) is 29.8 Å². The van der Waals surface area contributed by atoms with Crippen LogP contribution in [0.5, 0.6) is 5.75 Å². The molecule has 0 radical (unpaired) electrons. The van der Waals surface area contributed by atoms with Gasteiger partial charge in [0.25, 0.3) is 0 Å². The number of benzene rings is 1. The van der Waals surface area contributed by atoms with Gasteiger partial charge < -0.3 is 10.4 Å². The lowest BCUT2D eigenvalue weighted by Gasteiger charge is -2.35. The van der Waals surface area contributed by atoms with E-state index in [9.17, 15) is 5.11 Å². The Bertz CT molecular complexity index is 396. The second-order valence-electron chi connectivity index (χ2n) is 5.87. The molecule has 3 nitrogen and oxygen atoms in total. The fourth-order valence-electron chi connectivity index (χ4n) is 2.78. The largest absolute Gasteiger partial charge is 0.508 e. The van der Waals surface area contributed by atoms with Crippen molar-refractivity contribution in [1.29, 1.82) is 0 Å². The van der Waals surface area contributed by atoms with Gasteiger partial charge in [-0.05, 0) is 36.5 Å². The van der Waals surface area contributed by atoms with Crippen LogP contribution in [0.15, 0.2) is 24.3 Å². The fourth-order valence-corrected chi connectivity index (χ4v) is 2.78. The molecule has 122 valence electrons. The maximum atomic E-state index is 9.71. The molecule has 0 spiro atoms. The molecule has 21 heavy (non-hydrogen) atoms. The molecule has 1 heterocycles. The molecule has 0 bridgehead atoms. The van der Waals surface area contributed by atoms with Gasteiger partial charge >= 0.3 is 0 Å². The Balaban J connectivity index is 0.00000200. The van der Waals surface area contributed by atoms with Gasteiger partial charge in [-0.1, -0.05) is 26.0 Å². The quantitative estimate of drug-likeness (QED) is 0.863. The molecular formula is C16H28Cl2N2O. The van der Waals surface area contributed by atoms with E-state index in [0.717, 1.165) is 32.1 Å². The SMILES string of the molecule is CC(C)CC[C@H](c1cccc(O)c1)N1CCNCC1.Cl.Cl. The summed E-state index contributed by atoms with van der Waals surface area (Å²) in [7, 11) is 0. The molecule has 2 N–H and O–H groups in total. The van der Waals surface area contributed by atoms with Crippen molar-refractivity contribution in [2.45, 2.75) is 32.7 Å². The molecule has 0 amide bonds. The molecule has 2 rings (SSSR count). The summed E-state index contributed by atoms with van der Waals surface area (Å²) >= 11 is 0. The van der Waals surface area contributed by atoms with E-state index >= 15 is 0 Å². The third-order valence-electron chi connectivity index (χ3n) is 3.86. The monoisotopic (exact) mass is 334 g/mol. The van der Waals surface area contributed by atoms with Crippen LogP contribution in [0.3, 0.4) is 0 Å². The number of piperazine rings is 1. The predicted molar refractivity (Wildman–Crippen MR) is 93.9 cm³/mol. The molecule has 0 unspecified atom stereocenters. The molecule has 1 aromatic carbocycles. The van der Waals surface area contributed by atoms with E-state index in [1.807, 2.05) is 12.1 Å². The Morgan fingerprint density at radius 3 is 2.38 bits per heavy atom. The number of rotatable bonds is 5. The summed E-state index contributed by atoms with van der Waals surface area (Å²) in [6.45, 7) is 8.87. The highest BCUT2D eigenvalue weighted by Gasteiger charge is 2.22. The Hall–Kier alpha value is -0.480. The minimum absolute atomic E-state index is 0. The lowest BCUT2D eigenvalue weighted by Crippen LogP contribution is -2.45. The molecule has 0 aromatic heterocycles. The minimum Gasteiger partial charge on any atom is -0.508 e. The average Bonchev–Trinajstić information content (AvgIpc) is 2.40. The van der Waals surface area contributed by atoms with Crippen LogP contribution in [-0.4, -0.2) is 36.2 Å². The second kappa shape index (κ2) is 10.3. The first-order valence-corrected chi connectivity index (χ1v) is 7.40. The number of aromatic hydroxyl groups is 1. The van der Waals surface area contributed by atoms with E-state index in [0.29, 0.717) is 11.8 Å². The first-order chi connectivity index (χ1) is 9.16. The Morgan fingerprint density at radius 1 is 1.14 bits per heavy atom. The van der Waals surface area contributed by atoms with E-state index in [1.54, 1.807) is 6.07 Å². The average molecular weight is 335 g/mol. The minimum atomic E-state index is 0. The molecular weight excluding hydrogens is 307 g/mol. The van der Waals surface area contributed by atoms with Crippen molar-refractivity contribution >= 4 is 24.8 Å². The molecule has 0 saturated carbocycles. The van der Waals surface area contributed by atoms with E-state index in [4.69, 9.17) is 0 Å². The maximum Gasteiger partial charge on any atom is 0.115 e. The highest BCUT2D eigenvalue weighted by atomic mass is 35.5. The third kappa shape index (κ3) is 6.43. The number of nitrogens with one attached hydrogen (secondary N) is 1. The predicted octanol–water partition coefficient (Wildman–Crippen LogP) is 3.62. The summed E-state index contributed by atoms with van der Waals surface area (Å²) in [5, 5.41) is 13.1. The van der Waals surface area contributed by atoms with E-state index < -0.39 is 0 Å². The van der Waals surface area contributed by atoms with Gasteiger partial charge in [0, 0.05) is 32.2 Å². The number of hydrogen-bond acceptors (Lipinski definition) is 3. The fraction of sp³-hybridized carbons (Fsp3) is 0.625. The van der Waals surface area contributed by atoms with E-state index in [1.165, 1.54) is 18.4 Å². The van der Waals surface area contributed by atoms with Crippen molar-refractivity contribution in [3.8, 4) is 5.75 Å². The highest BCUT2D eigenvalue weighted by molar-refractivity contribution is 5.85. The zero-order chi connectivity index (χ0) is 13.7. The molecule has 1 saturated heterocycles. The van der Waals surface area contributed by atoms with Gasteiger partial charge in [-0.3, -0.25) is 4.90 Å². The summed E-state index contributed by atoms with van der Waals surface area (Å²) in [6, 6.07) is 8.21. The zero-order valence-electron chi connectivity index (χ0n) is 12.9. The molecule has 1 fully saturated rings. The van der Waals surface area contributed by atoms with Crippen molar-refractivity contribution in [2.75, 3.05) is 26.2 Å². The zero-order valence-corrected chi connectivity index (χ0v) is 14.6. The molecule has 1 aromatic rings. The lowest BCUT2D eigenvalue weighted by atomic mass is 9.95.